The molecule has 6 nitrogen and oxygen atoms in total. The van der Waals surface area contributed by atoms with Crippen molar-refractivity contribution in [2.45, 2.75) is 13.3 Å². The zero-order chi connectivity index (χ0) is 14.7. The molecule has 3 aromatic rings. The molecular weight excluding hydrogens is 266 g/mol. The van der Waals surface area contributed by atoms with E-state index in [1.54, 1.807) is 17.1 Å². The van der Waals surface area contributed by atoms with Crippen LogP contribution < -0.4 is 5.32 Å². The van der Waals surface area contributed by atoms with Gasteiger partial charge in [0.25, 0.3) is 0 Å². The topological polar surface area (TPSA) is 64.7 Å². The summed E-state index contributed by atoms with van der Waals surface area (Å²) in [5.41, 5.74) is 1.82. The quantitative estimate of drug-likeness (QED) is 0.802. The van der Waals surface area contributed by atoms with Crippen LogP contribution in [0.15, 0.2) is 55.1 Å². The number of imidazole rings is 1. The van der Waals surface area contributed by atoms with Gasteiger partial charge in [0.05, 0.1) is 11.4 Å². The van der Waals surface area contributed by atoms with E-state index in [-0.39, 0.29) is 6.03 Å². The number of hydrogen-bond donors (Lipinski definition) is 1. The first kappa shape index (κ1) is 13.1. The van der Waals surface area contributed by atoms with E-state index in [2.05, 4.69) is 15.4 Å². The number of anilines is 1. The summed E-state index contributed by atoms with van der Waals surface area (Å²) in [5, 5.41) is 7.36. The molecule has 2 heterocycles. The van der Waals surface area contributed by atoms with E-state index in [0.29, 0.717) is 5.82 Å². The van der Waals surface area contributed by atoms with Crippen molar-refractivity contribution in [3.05, 3.63) is 60.8 Å². The van der Waals surface area contributed by atoms with Crippen LogP contribution in [0.3, 0.4) is 0 Å². The molecule has 0 radical (unpaired) electrons. The summed E-state index contributed by atoms with van der Waals surface area (Å²) < 4.78 is 3.11. The molecule has 0 fully saturated rings. The summed E-state index contributed by atoms with van der Waals surface area (Å²) >= 11 is 0. The first-order valence-electron chi connectivity index (χ1n) is 6.71. The van der Waals surface area contributed by atoms with Crippen LogP contribution in [0.5, 0.6) is 0 Å². The molecule has 0 aliphatic rings. The summed E-state index contributed by atoms with van der Waals surface area (Å²) in [6.07, 6.45) is 5.41. The lowest BCUT2D eigenvalue weighted by atomic mass is 10.3. The highest BCUT2D eigenvalue weighted by Gasteiger charge is 2.12. The summed E-state index contributed by atoms with van der Waals surface area (Å²) in [6.45, 7) is 2.03. The van der Waals surface area contributed by atoms with Crippen molar-refractivity contribution in [2.75, 3.05) is 5.32 Å². The number of nitrogens with one attached hydrogen (secondary N) is 1. The lowest BCUT2D eigenvalue weighted by molar-refractivity contribution is 0.253. The maximum absolute atomic E-state index is 12.1. The Kier molecular flexibility index (Phi) is 3.51. The maximum Gasteiger partial charge on any atom is 0.332 e. The first-order valence-corrected chi connectivity index (χ1v) is 6.71. The van der Waals surface area contributed by atoms with Gasteiger partial charge in [-0.2, -0.15) is 5.10 Å². The molecule has 0 saturated heterocycles. The van der Waals surface area contributed by atoms with E-state index in [0.717, 1.165) is 17.8 Å². The minimum absolute atomic E-state index is 0.271. The van der Waals surface area contributed by atoms with Crippen LogP contribution >= 0.6 is 0 Å². The van der Waals surface area contributed by atoms with Gasteiger partial charge in [0, 0.05) is 18.5 Å². The Morgan fingerprint density at radius 2 is 2.10 bits per heavy atom. The fraction of sp³-hybridized carbons (Fsp3) is 0.133. The van der Waals surface area contributed by atoms with Crippen molar-refractivity contribution < 1.29 is 4.79 Å². The molecule has 1 N–H and O–H groups in total. The van der Waals surface area contributed by atoms with Gasteiger partial charge in [0.15, 0.2) is 0 Å². The molecule has 6 heteroatoms. The smallest absolute Gasteiger partial charge is 0.291 e. The Morgan fingerprint density at radius 1 is 1.29 bits per heavy atom. The van der Waals surface area contributed by atoms with Gasteiger partial charge in [0.2, 0.25) is 0 Å². The average molecular weight is 281 g/mol. The summed E-state index contributed by atoms with van der Waals surface area (Å²) in [4.78, 5) is 16.0. The zero-order valence-electron chi connectivity index (χ0n) is 11.6. The third-order valence-corrected chi connectivity index (χ3v) is 3.10. The highest BCUT2D eigenvalue weighted by molar-refractivity contribution is 5.90. The molecule has 0 atom stereocenters. The number of nitrogens with zero attached hydrogens (tertiary/aromatic N) is 4. The van der Waals surface area contributed by atoms with Crippen molar-refractivity contribution >= 4 is 11.8 Å². The molecule has 0 aliphatic heterocycles. The first-order chi connectivity index (χ1) is 10.3. The third kappa shape index (κ3) is 2.69. The van der Waals surface area contributed by atoms with E-state index < -0.39 is 0 Å². The van der Waals surface area contributed by atoms with Gasteiger partial charge in [-0.05, 0) is 18.6 Å². The van der Waals surface area contributed by atoms with Crippen molar-refractivity contribution in [3.8, 4) is 5.69 Å². The largest absolute Gasteiger partial charge is 0.332 e. The Labute approximate surface area is 122 Å². The fourth-order valence-corrected chi connectivity index (χ4v) is 2.01. The molecule has 1 amide bonds. The zero-order valence-corrected chi connectivity index (χ0v) is 11.6. The number of amides is 1. The highest BCUT2D eigenvalue weighted by atomic mass is 16.2. The van der Waals surface area contributed by atoms with E-state index >= 15 is 0 Å². The van der Waals surface area contributed by atoms with Crippen LogP contribution in [0.2, 0.25) is 0 Å². The molecule has 0 aliphatic carbocycles. The van der Waals surface area contributed by atoms with Crippen molar-refractivity contribution in [2.24, 2.45) is 0 Å². The standard InChI is InChI=1S/C15H15N5O/c1-2-12-10-14(17-15(21)19-9-8-16-11-19)20(18-12)13-6-4-3-5-7-13/h3-11H,2H2,1H3,(H,17,21). The molecule has 0 bridgehead atoms. The lowest BCUT2D eigenvalue weighted by Gasteiger charge is -2.08. The second kappa shape index (κ2) is 5.62. The Balaban J connectivity index is 1.94. The highest BCUT2D eigenvalue weighted by Crippen LogP contribution is 2.17. The monoisotopic (exact) mass is 281 g/mol. The molecule has 21 heavy (non-hydrogen) atoms. The molecule has 3 rings (SSSR count). The number of aryl methyl sites for hydroxylation is 1. The molecular formula is C15H15N5O. The molecule has 1 aromatic carbocycles. The minimum Gasteiger partial charge on any atom is -0.291 e. The van der Waals surface area contributed by atoms with Crippen LogP contribution in [-0.4, -0.2) is 25.4 Å². The van der Waals surface area contributed by atoms with Crippen LogP contribution in [0.1, 0.15) is 12.6 Å². The number of hydrogen-bond acceptors (Lipinski definition) is 3. The molecule has 106 valence electrons. The second-order valence-electron chi connectivity index (χ2n) is 4.52. The predicted molar refractivity (Wildman–Crippen MR) is 79.6 cm³/mol. The summed E-state index contributed by atoms with van der Waals surface area (Å²) in [6, 6.07) is 11.3. The van der Waals surface area contributed by atoms with E-state index in [1.165, 1.54) is 10.9 Å². The van der Waals surface area contributed by atoms with Gasteiger partial charge in [-0.15, -0.1) is 0 Å². The van der Waals surface area contributed by atoms with Crippen molar-refractivity contribution in [3.63, 3.8) is 0 Å². The minimum atomic E-state index is -0.271. The molecule has 0 spiro atoms. The molecule has 2 aromatic heterocycles. The number of carbonyl (C=O) groups is 1. The normalized spacial score (nSPS) is 10.5. The van der Waals surface area contributed by atoms with Gasteiger partial charge in [-0.25, -0.2) is 14.5 Å². The number of rotatable bonds is 3. The summed E-state index contributed by atoms with van der Waals surface area (Å²) in [5.74, 6) is 0.636. The van der Waals surface area contributed by atoms with E-state index in [9.17, 15) is 4.79 Å². The second-order valence-corrected chi connectivity index (χ2v) is 4.52. The molecule has 0 saturated carbocycles. The predicted octanol–water partition coefficient (Wildman–Crippen LogP) is 2.71. The van der Waals surface area contributed by atoms with Crippen LogP contribution in [0.4, 0.5) is 10.6 Å². The summed E-state index contributed by atoms with van der Waals surface area (Å²) in [7, 11) is 0. The molecule has 0 unspecified atom stereocenters. The van der Waals surface area contributed by atoms with Gasteiger partial charge in [-0.3, -0.25) is 9.88 Å². The van der Waals surface area contributed by atoms with Crippen molar-refractivity contribution in [1.82, 2.24) is 19.3 Å². The van der Waals surface area contributed by atoms with Gasteiger partial charge in [-0.1, -0.05) is 25.1 Å². The Morgan fingerprint density at radius 3 is 2.76 bits per heavy atom. The van der Waals surface area contributed by atoms with E-state index in [4.69, 9.17) is 0 Å². The van der Waals surface area contributed by atoms with Gasteiger partial charge >= 0.3 is 6.03 Å². The van der Waals surface area contributed by atoms with Crippen LogP contribution in [0, 0.1) is 0 Å². The van der Waals surface area contributed by atoms with Gasteiger partial charge < -0.3 is 0 Å². The number of para-hydroxylation sites is 1. The SMILES string of the molecule is CCc1cc(NC(=O)n2ccnc2)n(-c2ccccc2)n1. The van der Waals surface area contributed by atoms with Crippen LogP contribution in [-0.2, 0) is 6.42 Å². The fourth-order valence-electron chi connectivity index (χ4n) is 2.01. The third-order valence-electron chi connectivity index (χ3n) is 3.10. The van der Waals surface area contributed by atoms with Crippen molar-refractivity contribution in [1.29, 1.82) is 0 Å². The number of benzene rings is 1. The van der Waals surface area contributed by atoms with Gasteiger partial charge in [0.1, 0.15) is 12.1 Å². The average Bonchev–Trinajstić information content (AvgIpc) is 3.17. The van der Waals surface area contributed by atoms with Crippen LogP contribution in [0.25, 0.3) is 5.69 Å². The number of aromatic nitrogens is 4. The Hall–Kier alpha value is -2.89. The lowest BCUT2D eigenvalue weighted by Crippen LogP contribution is -2.19. The van der Waals surface area contributed by atoms with E-state index in [1.807, 2.05) is 43.3 Å². The maximum atomic E-state index is 12.1. The number of carbonyl (C=O) groups excluding carboxylic acids is 1. The Bertz CT molecular complexity index is 731.